The van der Waals surface area contributed by atoms with Crippen molar-refractivity contribution in [1.29, 1.82) is 0 Å². The molecule has 0 aliphatic carbocycles. The van der Waals surface area contributed by atoms with E-state index in [9.17, 15) is 4.39 Å². The van der Waals surface area contributed by atoms with Gasteiger partial charge in [0, 0.05) is 0 Å². The predicted octanol–water partition coefficient (Wildman–Crippen LogP) is 5.17. The lowest BCUT2D eigenvalue weighted by Crippen LogP contribution is -1.99. The third-order valence-electron chi connectivity index (χ3n) is 3.20. The molecular weight excluding hydrogens is 259 g/mol. The van der Waals surface area contributed by atoms with Crippen LogP contribution in [-0.4, -0.2) is 12.4 Å². The van der Waals surface area contributed by atoms with E-state index in [0.717, 1.165) is 30.1 Å². The first-order valence-corrected chi connectivity index (χ1v) is 7.87. The van der Waals surface area contributed by atoms with E-state index in [0.29, 0.717) is 0 Å². The minimum atomic E-state index is -0.203. The van der Waals surface area contributed by atoms with Crippen LogP contribution < -0.4 is 4.74 Å². The number of ether oxygens (including phenoxy) is 1. The predicted molar refractivity (Wildman–Crippen MR) is 82.8 cm³/mol. The third kappa shape index (κ3) is 7.46. The van der Waals surface area contributed by atoms with Gasteiger partial charge in [-0.3, -0.25) is 0 Å². The minimum absolute atomic E-state index is 0.203. The second kappa shape index (κ2) is 10.1. The lowest BCUT2D eigenvalue weighted by Gasteiger charge is -2.08. The quantitative estimate of drug-likeness (QED) is 0.460. The largest absolute Gasteiger partial charge is 0.493 e. The van der Waals surface area contributed by atoms with E-state index in [-0.39, 0.29) is 5.82 Å². The third-order valence-corrected chi connectivity index (χ3v) is 3.51. The molecule has 0 amide bonds. The molecular formula is C16H25FOS. The highest BCUT2D eigenvalue weighted by molar-refractivity contribution is 7.80. The lowest BCUT2D eigenvalue weighted by molar-refractivity contribution is 0.302. The molecule has 0 bridgehead atoms. The van der Waals surface area contributed by atoms with Crippen LogP contribution in [0.4, 0.5) is 4.39 Å². The fourth-order valence-corrected chi connectivity index (χ4v) is 2.28. The van der Waals surface area contributed by atoms with Crippen molar-refractivity contribution in [3.05, 3.63) is 29.6 Å². The van der Waals surface area contributed by atoms with E-state index in [2.05, 4.69) is 12.6 Å². The van der Waals surface area contributed by atoms with Gasteiger partial charge in [-0.05, 0) is 49.3 Å². The molecule has 1 aromatic rings. The van der Waals surface area contributed by atoms with Crippen molar-refractivity contribution in [3.63, 3.8) is 0 Å². The molecule has 0 atom stereocenters. The topological polar surface area (TPSA) is 9.23 Å². The second-order valence-electron chi connectivity index (χ2n) is 4.96. The van der Waals surface area contributed by atoms with Crippen LogP contribution in [0.25, 0.3) is 0 Å². The maximum Gasteiger partial charge on any atom is 0.123 e. The molecule has 0 aliphatic heterocycles. The molecule has 0 saturated carbocycles. The summed E-state index contributed by atoms with van der Waals surface area (Å²) in [6.07, 6.45) is 8.72. The Morgan fingerprint density at radius 2 is 1.63 bits per heavy atom. The maximum absolute atomic E-state index is 12.9. The fourth-order valence-electron chi connectivity index (χ4n) is 2.05. The van der Waals surface area contributed by atoms with Gasteiger partial charge in [0.05, 0.1) is 6.61 Å². The summed E-state index contributed by atoms with van der Waals surface area (Å²) >= 11 is 4.20. The zero-order chi connectivity index (χ0) is 13.9. The Bertz CT molecular complexity index is 355. The Hall–Kier alpha value is -0.700. The average molecular weight is 284 g/mol. The van der Waals surface area contributed by atoms with Gasteiger partial charge in [0.1, 0.15) is 11.6 Å². The number of benzene rings is 1. The minimum Gasteiger partial charge on any atom is -0.493 e. The number of hydrogen-bond acceptors (Lipinski definition) is 2. The van der Waals surface area contributed by atoms with Crippen LogP contribution in [0.2, 0.25) is 0 Å². The Morgan fingerprint density at radius 1 is 1.00 bits per heavy atom. The summed E-state index contributed by atoms with van der Waals surface area (Å²) in [6.45, 7) is 2.60. The van der Waals surface area contributed by atoms with Gasteiger partial charge in [0.25, 0.3) is 0 Å². The molecule has 0 radical (unpaired) electrons. The highest BCUT2D eigenvalue weighted by Crippen LogP contribution is 2.18. The Labute approximate surface area is 122 Å². The molecule has 1 aromatic carbocycles. The van der Waals surface area contributed by atoms with Crippen LogP contribution in [0.15, 0.2) is 18.2 Å². The molecule has 0 unspecified atom stereocenters. The van der Waals surface area contributed by atoms with Gasteiger partial charge in [-0.15, -0.1) is 0 Å². The van der Waals surface area contributed by atoms with Crippen molar-refractivity contribution < 1.29 is 9.13 Å². The monoisotopic (exact) mass is 284 g/mol. The van der Waals surface area contributed by atoms with Crippen LogP contribution >= 0.6 is 12.6 Å². The zero-order valence-corrected chi connectivity index (χ0v) is 12.7. The van der Waals surface area contributed by atoms with Crippen LogP contribution in [0.3, 0.4) is 0 Å². The van der Waals surface area contributed by atoms with Gasteiger partial charge in [0.2, 0.25) is 0 Å². The van der Waals surface area contributed by atoms with Crippen LogP contribution in [0.5, 0.6) is 5.75 Å². The van der Waals surface area contributed by atoms with Gasteiger partial charge < -0.3 is 4.74 Å². The zero-order valence-electron chi connectivity index (χ0n) is 11.8. The van der Waals surface area contributed by atoms with E-state index in [1.54, 1.807) is 6.07 Å². The van der Waals surface area contributed by atoms with E-state index in [4.69, 9.17) is 4.74 Å². The van der Waals surface area contributed by atoms with Gasteiger partial charge in [-0.25, -0.2) is 4.39 Å². The number of hydrogen-bond donors (Lipinski definition) is 1. The molecule has 19 heavy (non-hydrogen) atoms. The summed E-state index contributed by atoms with van der Waals surface area (Å²) in [5.74, 6) is 1.60. The van der Waals surface area contributed by atoms with E-state index < -0.39 is 0 Å². The van der Waals surface area contributed by atoms with E-state index >= 15 is 0 Å². The number of rotatable bonds is 10. The summed E-state index contributed by atoms with van der Waals surface area (Å²) in [6, 6.07) is 4.67. The smallest absolute Gasteiger partial charge is 0.123 e. The molecule has 0 aliphatic rings. The lowest BCUT2D eigenvalue weighted by atomic mass is 10.1. The first kappa shape index (κ1) is 16.4. The molecule has 0 aromatic heterocycles. The standard InChI is InChI=1S/C16H25FOS/c1-14-13-15(17)9-10-16(14)18-11-7-5-3-2-4-6-8-12-19/h9-10,13,19H,2-8,11-12H2,1H3. The van der Waals surface area contributed by atoms with Crippen LogP contribution in [-0.2, 0) is 0 Å². The molecule has 0 spiro atoms. The van der Waals surface area contributed by atoms with Gasteiger partial charge in [0.15, 0.2) is 0 Å². The van der Waals surface area contributed by atoms with Crippen LogP contribution in [0, 0.1) is 12.7 Å². The van der Waals surface area contributed by atoms with Crippen LogP contribution in [0.1, 0.15) is 50.5 Å². The van der Waals surface area contributed by atoms with Gasteiger partial charge >= 0.3 is 0 Å². The van der Waals surface area contributed by atoms with E-state index in [1.165, 1.54) is 50.7 Å². The molecule has 1 nitrogen and oxygen atoms in total. The second-order valence-corrected chi connectivity index (χ2v) is 5.40. The summed E-state index contributed by atoms with van der Waals surface area (Å²) in [4.78, 5) is 0. The van der Waals surface area contributed by atoms with E-state index in [1.807, 2.05) is 6.92 Å². The van der Waals surface area contributed by atoms with Crippen molar-refractivity contribution in [2.45, 2.75) is 51.9 Å². The Balaban J connectivity index is 2.01. The highest BCUT2D eigenvalue weighted by atomic mass is 32.1. The maximum atomic E-state index is 12.9. The summed E-state index contributed by atoms with van der Waals surface area (Å²) in [7, 11) is 0. The Kier molecular flexibility index (Phi) is 8.72. The summed E-state index contributed by atoms with van der Waals surface area (Å²) in [5.41, 5.74) is 0.867. The molecule has 0 heterocycles. The van der Waals surface area contributed by atoms with Crippen molar-refractivity contribution in [2.24, 2.45) is 0 Å². The summed E-state index contributed by atoms with van der Waals surface area (Å²) in [5, 5.41) is 0. The number of thiol groups is 1. The fraction of sp³-hybridized carbons (Fsp3) is 0.625. The summed E-state index contributed by atoms with van der Waals surface area (Å²) < 4.78 is 18.6. The Morgan fingerprint density at radius 3 is 2.26 bits per heavy atom. The molecule has 0 fully saturated rings. The molecule has 108 valence electrons. The number of halogens is 1. The SMILES string of the molecule is Cc1cc(F)ccc1OCCCCCCCCCS. The molecule has 3 heteroatoms. The van der Waals surface area contributed by atoms with Crippen molar-refractivity contribution in [1.82, 2.24) is 0 Å². The normalized spacial score (nSPS) is 10.7. The molecule has 0 saturated heterocycles. The van der Waals surface area contributed by atoms with Crippen molar-refractivity contribution >= 4 is 12.6 Å². The number of unbranched alkanes of at least 4 members (excludes halogenated alkanes) is 6. The first-order chi connectivity index (χ1) is 9.24. The number of aryl methyl sites for hydroxylation is 1. The molecule has 1 rings (SSSR count). The van der Waals surface area contributed by atoms with Crippen molar-refractivity contribution in [3.8, 4) is 5.75 Å². The average Bonchev–Trinajstić information content (AvgIpc) is 2.39. The van der Waals surface area contributed by atoms with Crippen molar-refractivity contribution in [2.75, 3.05) is 12.4 Å². The van der Waals surface area contributed by atoms with Gasteiger partial charge in [-0.1, -0.05) is 32.1 Å². The first-order valence-electron chi connectivity index (χ1n) is 7.24. The van der Waals surface area contributed by atoms with Gasteiger partial charge in [-0.2, -0.15) is 12.6 Å². The molecule has 0 N–H and O–H groups in total. The highest BCUT2D eigenvalue weighted by Gasteiger charge is 2.00.